The molecule has 2 aromatic rings. The van der Waals surface area contributed by atoms with Gasteiger partial charge in [0.15, 0.2) is 17.3 Å². The molecule has 0 spiro atoms. The Kier molecular flexibility index (Phi) is 5.57. The van der Waals surface area contributed by atoms with E-state index in [0.29, 0.717) is 10.0 Å². The molecule has 0 aliphatic heterocycles. The first-order valence-corrected chi connectivity index (χ1v) is 8.52. The van der Waals surface area contributed by atoms with Gasteiger partial charge < -0.3 is 4.74 Å². The molecule has 2 aromatic carbocycles. The third kappa shape index (κ3) is 3.73. The van der Waals surface area contributed by atoms with Gasteiger partial charge in [-0.05, 0) is 35.9 Å². The summed E-state index contributed by atoms with van der Waals surface area (Å²) in [5.74, 6) is -0.699. The lowest BCUT2D eigenvalue weighted by molar-refractivity contribution is 0.103. The molecule has 0 bridgehead atoms. The predicted molar refractivity (Wildman–Crippen MR) is 91.1 cm³/mol. The third-order valence-electron chi connectivity index (χ3n) is 2.90. The minimum Gasteiger partial charge on any atom is -0.494 e. The lowest BCUT2D eigenvalue weighted by Gasteiger charge is -2.09. The number of alkyl halides is 2. The van der Waals surface area contributed by atoms with Crippen LogP contribution in [0.2, 0.25) is 0 Å². The van der Waals surface area contributed by atoms with Crippen molar-refractivity contribution in [1.82, 2.24) is 0 Å². The molecule has 0 aliphatic carbocycles. The second kappa shape index (κ2) is 7.03. The molecule has 2 rings (SSSR count). The number of hydrogen-bond acceptors (Lipinski definition) is 2. The molecule has 0 radical (unpaired) electrons. The van der Waals surface area contributed by atoms with Crippen LogP contribution in [-0.2, 0) is 0 Å². The highest BCUT2D eigenvalue weighted by atomic mass is 79.9. The van der Waals surface area contributed by atoms with E-state index >= 15 is 0 Å². The molecule has 0 unspecified atom stereocenters. The summed E-state index contributed by atoms with van der Waals surface area (Å²) < 4.78 is 19.2. The lowest BCUT2D eigenvalue weighted by Crippen LogP contribution is -2.04. The maximum Gasteiger partial charge on any atom is 0.194 e. The van der Waals surface area contributed by atoms with Crippen LogP contribution in [0.4, 0.5) is 4.39 Å². The fourth-order valence-electron chi connectivity index (χ4n) is 1.81. The zero-order valence-electron chi connectivity index (χ0n) is 10.9. The van der Waals surface area contributed by atoms with Gasteiger partial charge in [0.25, 0.3) is 0 Å². The molecule has 21 heavy (non-hydrogen) atoms. The number of rotatable bonds is 4. The van der Waals surface area contributed by atoms with Gasteiger partial charge in [0.05, 0.1) is 10.8 Å². The molecule has 0 fully saturated rings. The van der Waals surface area contributed by atoms with Crippen LogP contribution in [0.25, 0.3) is 0 Å². The molecule has 0 saturated heterocycles. The summed E-state index contributed by atoms with van der Waals surface area (Å²) in [4.78, 5) is 12.4. The van der Waals surface area contributed by atoms with Crippen LogP contribution in [0.15, 0.2) is 40.9 Å². The number of benzene rings is 2. The second-order valence-electron chi connectivity index (χ2n) is 4.22. The van der Waals surface area contributed by atoms with E-state index in [0.717, 1.165) is 5.56 Å². The molecule has 0 saturated carbocycles. The smallest absolute Gasteiger partial charge is 0.194 e. The van der Waals surface area contributed by atoms with Crippen LogP contribution < -0.4 is 4.74 Å². The standard InChI is InChI=1S/C15H10Br3FO2/c1-21-13-5-3-8(7-12(13)19)14(20)10-4-2-9(15(17)18)6-11(10)16/h2-7,15H,1H3. The van der Waals surface area contributed by atoms with Crippen LogP contribution in [-0.4, -0.2) is 12.9 Å². The maximum atomic E-state index is 13.7. The summed E-state index contributed by atoms with van der Waals surface area (Å²) in [5.41, 5.74) is 1.72. The van der Waals surface area contributed by atoms with Crippen molar-refractivity contribution in [2.24, 2.45) is 0 Å². The third-order valence-corrected chi connectivity index (χ3v) is 4.62. The fourth-order valence-corrected chi connectivity index (χ4v) is 2.96. The maximum absolute atomic E-state index is 13.7. The number of carbonyl (C=O) groups excluding carboxylic acids is 1. The minimum absolute atomic E-state index is 0.00360. The van der Waals surface area contributed by atoms with Crippen molar-refractivity contribution < 1.29 is 13.9 Å². The molecule has 110 valence electrons. The van der Waals surface area contributed by atoms with E-state index in [9.17, 15) is 9.18 Å². The highest BCUT2D eigenvalue weighted by molar-refractivity contribution is 9.24. The number of hydrogen-bond donors (Lipinski definition) is 0. The Labute approximate surface area is 147 Å². The Balaban J connectivity index is 2.38. The van der Waals surface area contributed by atoms with Gasteiger partial charge in [0, 0.05) is 15.6 Å². The molecule has 2 nitrogen and oxygen atoms in total. The summed E-state index contributed by atoms with van der Waals surface area (Å²) in [6.07, 6.45) is 0. The fraction of sp³-hybridized carbons (Fsp3) is 0.133. The van der Waals surface area contributed by atoms with Gasteiger partial charge in [-0.3, -0.25) is 4.79 Å². The van der Waals surface area contributed by atoms with Crippen LogP contribution in [0.5, 0.6) is 5.75 Å². The number of ketones is 1. The van der Waals surface area contributed by atoms with Crippen molar-refractivity contribution in [2.75, 3.05) is 7.11 Å². The zero-order valence-corrected chi connectivity index (χ0v) is 15.6. The number of methoxy groups -OCH3 is 1. The van der Waals surface area contributed by atoms with Gasteiger partial charge in [-0.15, -0.1) is 0 Å². The monoisotopic (exact) mass is 478 g/mol. The number of halogens is 4. The highest BCUT2D eigenvalue weighted by Gasteiger charge is 2.16. The van der Waals surface area contributed by atoms with Crippen LogP contribution >= 0.6 is 47.8 Å². The summed E-state index contributed by atoms with van der Waals surface area (Å²) in [6.45, 7) is 0. The molecule has 0 aliphatic rings. The summed E-state index contributed by atoms with van der Waals surface area (Å²) in [6, 6.07) is 9.53. The van der Waals surface area contributed by atoms with Crippen molar-refractivity contribution in [3.8, 4) is 5.75 Å². The van der Waals surface area contributed by atoms with Crippen molar-refractivity contribution in [3.63, 3.8) is 0 Å². The van der Waals surface area contributed by atoms with E-state index < -0.39 is 5.82 Å². The first-order valence-electron chi connectivity index (χ1n) is 5.90. The van der Waals surface area contributed by atoms with Crippen molar-refractivity contribution in [1.29, 1.82) is 0 Å². The van der Waals surface area contributed by atoms with Gasteiger partial charge in [0.2, 0.25) is 0 Å². The van der Waals surface area contributed by atoms with Crippen LogP contribution in [0.1, 0.15) is 25.2 Å². The Bertz CT molecular complexity index is 687. The summed E-state index contributed by atoms with van der Waals surface area (Å²) in [7, 11) is 1.38. The average Bonchev–Trinajstić information content (AvgIpc) is 2.46. The van der Waals surface area contributed by atoms with Crippen molar-refractivity contribution >= 4 is 53.6 Å². The highest BCUT2D eigenvalue weighted by Crippen LogP contribution is 2.32. The van der Waals surface area contributed by atoms with Gasteiger partial charge in [-0.1, -0.05) is 53.9 Å². The zero-order chi connectivity index (χ0) is 15.6. The lowest BCUT2D eigenvalue weighted by atomic mass is 10.0. The van der Waals surface area contributed by atoms with E-state index in [-0.39, 0.29) is 20.8 Å². The van der Waals surface area contributed by atoms with E-state index in [4.69, 9.17) is 4.74 Å². The molecular weight excluding hydrogens is 471 g/mol. The normalized spacial score (nSPS) is 10.8. The van der Waals surface area contributed by atoms with Crippen molar-refractivity contribution in [2.45, 2.75) is 3.74 Å². The van der Waals surface area contributed by atoms with E-state index in [1.807, 2.05) is 12.1 Å². The van der Waals surface area contributed by atoms with Gasteiger partial charge in [-0.2, -0.15) is 0 Å². The van der Waals surface area contributed by atoms with Crippen LogP contribution in [0, 0.1) is 5.82 Å². The molecule has 6 heteroatoms. The minimum atomic E-state index is -0.558. The molecule has 0 N–H and O–H groups in total. The Morgan fingerprint density at radius 2 is 1.90 bits per heavy atom. The second-order valence-corrected chi connectivity index (χ2v) is 8.13. The first kappa shape index (κ1) is 16.6. The molecular formula is C15H10Br3FO2. The van der Waals surface area contributed by atoms with Gasteiger partial charge in [-0.25, -0.2) is 4.39 Å². The molecule has 0 atom stereocenters. The summed E-state index contributed by atoms with van der Waals surface area (Å²) in [5, 5.41) is 0. The first-order chi connectivity index (χ1) is 9.93. The van der Waals surface area contributed by atoms with Crippen LogP contribution in [0.3, 0.4) is 0 Å². The van der Waals surface area contributed by atoms with Gasteiger partial charge in [0.1, 0.15) is 0 Å². The average molecular weight is 481 g/mol. The van der Waals surface area contributed by atoms with E-state index in [2.05, 4.69) is 47.8 Å². The topological polar surface area (TPSA) is 26.3 Å². The largest absolute Gasteiger partial charge is 0.494 e. The predicted octanol–water partition coefficient (Wildman–Crippen LogP) is 5.62. The quantitative estimate of drug-likeness (QED) is 0.419. The molecule has 0 amide bonds. The Morgan fingerprint density at radius 3 is 2.43 bits per heavy atom. The Morgan fingerprint density at radius 1 is 1.19 bits per heavy atom. The summed E-state index contributed by atoms with van der Waals surface area (Å²) >= 11 is 10.2. The molecule has 0 heterocycles. The molecule has 0 aromatic heterocycles. The van der Waals surface area contributed by atoms with E-state index in [1.165, 1.54) is 19.2 Å². The van der Waals surface area contributed by atoms with Crippen molar-refractivity contribution in [3.05, 3.63) is 63.4 Å². The van der Waals surface area contributed by atoms with Gasteiger partial charge >= 0.3 is 0 Å². The number of carbonyl (C=O) groups is 1. The van der Waals surface area contributed by atoms with E-state index in [1.54, 1.807) is 12.1 Å². The SMILES string of the molecule is COc1ccc(C(=O)c2ccc(C(Br)Br)cc2Br)cc1F. The Hall–Kier alpha value is -0.720. The number of ether oxygens (including phenoxy) is 1.